The molecule has 0 unspecified atom stereocenters. The van der Waals surface area contributed by atoms with E-state index in [0.29, 0.717) is 12.8 Å². The first-order chi connectivity index (χ1) is 11.3. The highest BCUT2D eigenvalue weighted by Crippen LogP contribution is 2.07. The number of carboxylic acids is 2. The van der Waals surface area contributed by atoms with E-state index in [1.807, 2.05) is 6.92 Å². The number of hydrogen-bond donors (Lipinski definition) is 5. The highest BCUT2D eigenvalue weighted by molar-refractivity contribution is 5.66. The monoisotopic (exact) mass is 352 g/mol. The number of aliphatic hydroxyl groups excluding tert-OH is 3. The summed E-state index contributed by atoms with van der Waals surface area (Å²) in [6, 6.07) is 0. The van der Waals surface area contributed by atoms with Crippen LogP contribution in [-0.2, 0) is 9.59 Å². The van der Waals surface area contributed by atoms with Crippen molar-refractivity contribution in [3.05, 3.63) is 0 Å². The van der Waals surface area contributed by atoms with Gasteiger partial charge >= 0.3 is 11.9 Å². The van der Waals surface area contributed by atoms with Crippen LogP contribution in [0.15, 0.2) is 0 Å². The summed E-state index contributed by atoms with van der Waals surface area (Å²) < 4.78 is 0. The van der Waals surface area contributed by atoms with Crippen molar-refractivity contribution in [3.8, 4) is 0 Å². The molecule has 0 amide bonds. The van der Waals surface area contributed by atoms with Gasteiger partial charge in [0.15, 0.2) is 0 Å². The molecule has 146 valence electrons. The lowest BCUT2D eigenvalue weighted by molar-refractivity contribution is -0.138. The molecule has 0 aromatic heterocycles. The van der Waals surface area contributed by atoms with E-state index < -0.39 is 18.0 Å². The van der Waals surface area contributed by atoms with Gasteiger partial charge in [-0.05, 0) is 12.8 Å². The average Bonchev–Trinajstić information content (AvgIpc) is 2.54. The normalized spacial score (nSPS) is 9.58. The molecular weight excluding hydrogens is 316 g/mol. The van der Waals surface area contributed by atoms with E-state index in [2.05, 4.69) is 6.92 Å². The molecule has 7 nitrogen and oxygen atoms in total. The first-order valence-corrected chi connectivity index (χ1v) is 8.68. The summed E-state index contributed by atoms with van der Waals surface area (Å²) in [4.78, 5) is 19.7. The third-order valence-electron chi connectivity index (χ3n) is 2.88. The predicted molar refractivity (Wildman–Crippen MR) is 93.0 cm³/mol. The Hall–Kier alpha value is -1.18. The molecule has 0 saturated carbocycles. The minimum absolute atomic E-state index is 0.292. The molecule has 0 aromatic carbocycles. The molecule has 0 aromatic rings. The average molecular weight is 352 g/mol. The molecule has 0 aliphatic carbocycles. The van der Waals surface area contributed by atoms with E-state index in [4.69, 9.17) is 25.5 Å². The van der Waals surface area contributed by atoms with Crippen LogP contribution in [0.5, 0.6) is 0 Å². The highest BCUT2D eigenvalue weighted by Gasteiger charge is 1.95. The standard InChI is InChI=1S/C10H20O2.C4H8O2.C3H8O3/c1-2-3-4-5-6-7-8-9-10(11)12;1-2-3-4(5)6;4-1-3(6)2-5/h2-9H2,1H3,(H,11,12);2-3H2,1H3,(H,5,6);3-6H,1-2H2. The molecule has 0 saturated heterocycles. The van der Waals surface area contributed by atoms with Crippen LogP contribution < -0.4 is 0 Å². The van der Waals surface area contributed by atoms with Gasteiger partial charge in [0.05, 0.1) is 13.2 Å². The van der Waals surface area contributed by atoms with Gasteiger partial charge in [-0.15, -0.1) is 0 Å². The van der Waals surface area contributed by atoms with Crippen LogP contribution in [0.25, 0.3) is 0 Å². The van der Waals surface area contributed by atoms with Crippen molar-refractivity contribution in [2.45, 2.75) is 84.2 Å². The quantitative estimate of drug-likeness (QED) is 0.340. The molecule has 0 aliphatic heterocycles. The van der Waals surface area contributed by atoms with Gasteiger partial charge in [0, 0.05) is 12.8 Å². The third-order valence-corrected chi connectivity index (χ3v) is 2.88. The Kier molecular flexibility index (Phi) is 27.7. The van der Waals surface area contributed by atoms with Gasteiger partial charge in [0.2, 0.25) is 0 Å². The van der Waals surface area contributed by atoms with Gasteiger partial charge in [-0.3, -0.25) is 9.59 Å². The van der Waals surface area contributed by atoms with Crippen molar-refractivity contribution in [2.75, 3.05) is 13.2 Å². The number of rotatable bonds is 12. The zero-order valence-corrected chi connectivity index (χ0v) is 15.1. The number of aliphatic carboxylic acids is 2. The van der Waals surface area contributed by atoms with E-state index in [1.165, 1.54) is 32.1 Å². The van der Waals surface area contributed by atoms with Crippen LogP contribution in [0.1, 0.15) is 78.1 Å². The van der Waals surface area contributed by atoms with Crippen LogP contribution in [0.3, 0.4) is 0 Å². The van der Waals surface area contributed by atoms with E-state index in [-0.39, 0.29) is 13.2 Å². The summed E-state index contributed by atoms with van der Waals surface area (Å²) in [6.45, 7) is 3.31. The number of hydrogen-bond acceptors (Lipinski definition) is 5. The second kappa shape index (κ2) is 24.1. The molecule has 0 radical (unpaired) electrons. The minimum atomic E-state index is -0.954. The Morgan fingerprint density at radius 1 is 0.708 bits per heavy atom. The van der Waals surface area contributed by atoms with Gasteiger partial charge < -0.3 is 25.5 Å². The van der Waals surface area contributed by atoms with Crippen LogP contribution in [0, 0.1) is 0 Å². The molecule has 0 atom stereocenters. The molecule has 0 bridgehead atoms. The van der Waals surface area contributed by atoms with Crippen LogP contribution in [-0.4, -0.2) is 56.8 Å². The van der Waals surface area contributed by atoms with Crippen LogP contribution >= 0.6 is 0 Å². The largest absolute Gasteiger partial charge is 0.481 e. The predicted octanol–water partition coefficient (Wildman–Crippen LogP) is 2.41. The summed E-state index contributed by atoms with van der Waals surface area (Å²) in [6.07, 6.45) is 8.71. The number of aliphatic hydroxyl groups is 3. The summed E-state index contributed by atoms with van der Waals surface area (Å²) in [5, 5.41) is 40.3. The second-order valence-electron chi connectivity index (χ2n) is 5.43. The van der Waals surface area contributed by atoms with Crippen molar-refractivity contribution >= 4 is 11.9 Å². The smallest absolute Gasteiger partial charge is 0.303 e. The molecule has 0 heterocycles. The molecule has 0 rings (SSSR count). The minimum Gasteiger partial charge on any atom is -0.481 e. The van der Waals surface area contributed by atoms with Gasteiger partial charge in [0.1, 0.15) is 6.10 Å². The van der Waals surface area contributed by atoms with Gasteiger partial charge in [-0.25, -0.2) is 0 Å². The second-order valence-corrected chi connectivity index (χ2v) is 5.43. The van der Waals surface area contributed by atoms with Crippen LogP contribution in [0.4, 0.5) is 0 Å². The van der Waals surface area contributed by atoms with Crippen molar-refractivity contribution < 1.29 is 35.1 Å². The fourth-order valence-electron chi connectivity index (χ4n) is 1.50. The Morgan fingerprint density at radius 2 is 1.12 bits per heavy atom. The maximum atomic E-state index is 10.1. The Labute approximate surface area is 145 Å². The lowest BCUT2D eigenvalue weighted by Gasteiger charge is -1.98. The third kappa shape index (κ3) is 37.2. The maximum Gasteiger partial charge on any atom is 0.303 e. The molecule has 0 fully saturated rings. The molecule has 7 heteroatoms. The van der Waals surface area contributed by atoms with Crippen molar-refractivity contribution in [3.63, 3.8) is 0 Å². The number of carboxylic acid groups (broad SMARTS) is 2. The van der Waals surface area contributed by atoms with Gasteiger partial charge in [0.25, 0.3) is 0 Å². The van der Waals surface area contributed by atoms with E-state index in [0.717, 1.165) is 19.3 Å². The molecule has 24 heavy (non-hydrogen) atoms. The maximum absolute atomic E-state index is 10.1. The number of carbonyl (C=O) groups is 2. The topological polar surface area (TPSA) is 135 Å². The lowest BCUT2D eigenvalue weighted by Crippen LogP contribution is -2.15. The molecule has 5 N–H and O–H groups in total. The summed E-state index contributed by atoms with van der Waals surface area (Å²) in [5.41, 5.74) is 0. The van der Waals surface area contributed by atoms with Crippen molar-refractivity contribution in [1.29, 1.82) is 0 Å². The summed E-state index contributed by atoms with van der Waals surface area (Å²) in [7, 11) is 0. The molecule has 0 aliphatic rings. The zero-order chi connectivity index (χ0) is 19.2. The van der Waals surface area contributed by atoms with Crippen molar-refractivity contribution in [2.24, 2.45) is 0 Å². The van der Waals surface area contributed by atoms with Crippen LogP contribution in [0.2, 0.25) is 0 Å². The fraction of sp³-hybridized carbons (Fsp3) is 0.882. The summed E-state index contributed by atoms with van der Waals surface area (Å²) >= 11 is 0. The number of unbranched alkanes of at least 4 members (excludes halogenated alkanes) is 6. The Bertz CT molecular complexity index is 266. The first kappa shape index (κ1) is 27.7. The zero-order valence-electron chi connectivity index (χ0n) is 15.1. The highest BCUT2D eigenvalue weighted by atomic mass is 16.4. The first-order valence-electron chi connectivity index (χ1n) is 8.68. The Morgan fingerprint density at radius 3 is 1.38 bits per heavy atom. The molecular formula is C17H36O7. The van der Waals surface area contributed by atoms with Gasteiger partial charge in [-0.2, -0.15) is 0 Å². The lowest BCUT2D eigenvalue weighted by atomic mass is 10.1. The SMILES string of the molecule is CCCC(=O)O.CCCCCCCCCC(=O)O.OCC(O)CO. The van der Waals surface area contributed by atoms with Crippen molar-refractivity contribution in [1.82, 2.24) is 0 Å². The fourth-order valence-corrected chi connectivity index (χ4v) is 1.50. The van der Waals surface area contributed by atoms with E-state index in [9.17, 15) is 9.59 Å². The summed E-state index contributed by atoms with van der Waals surface area (Å²) in [5.74, 6) is -1.37. The Balaban J connectivity index is -0.000000309. The van der Waals surface area contributed by atoms with Gasteiger partial charge in [-0.1, -0.05) is 52.4 Å². The van der Waals surface area contributed by atoms with E-state index >= 15 is 0 Å². The molecule has 0 spiro atoms. The van der Waals surface area contributed by atoms with E-state index in [1.54, 1.807) is 0 Å².